The highest BCUT2D eigenvalue weighted by molar-refractivity contribution is 5.94. The maximum absolute atomic E-state index is 12.0. The second-order valence-electron chi connectivity index (χ2n) is 3.76. The van der Waals surface area contributed by atoms with Crippen LogP contribution in [0.4, 0.5) is 4.79 Å². The van der Waals surface area contributed by atoms with Gasteiger partial charge < -0.3 is 14.2 Å². The quantitative estimate of drug-likeness (QED) is 0.663. The summed E-state index contributed by atoms with van der Waals surface area (Å²) in [7, 11) is 2.90. The van der Waals surface area contributed by atoms with E-state index in [0.29, 0.717) is 0 Å². The topological polar surface area (TPSA) is 65.1 Å². The van der Waals surface area contributed by atoms with Crippen molar-refractivity contribution in [2.45, 2.75) is 26.2 Å². The summed E-state index contributed by atoms with van der Waals surface area (Å²) in [5.41, 5.74) is 0. The first-order valence-corrected chi connectivity index (χ1v) is 5.08. The Balaban J connectivity index is 2.73. The van der Waals surface area contributed by atoms with E-state index in [1.54, 1.807) is 13.8 Å². The summed E-state index contributed by atoms with van der Waals surface area (Å²) in [5, 5.41) is 0. The van der Waals surface area contributed by atoms with Crippen LogP contribution in [0.5, 0.6) is 0 Å². The summed E-state index contributed by atoms with van der Waals surface area (Å²) in [5.74, 6) is -0.896. The average Bonchev–Trinajstić information content (AvgIpc) is 2.59. The highest BCUT2D eigenvalue weighted by atomic mass is 16.7. The summed E-state index contributed by atoms with van der Waals surface area (Å²) in [6.45, 7) is 3.64. The van der Waals surface area contributed by atoms with Crippen LogP contribution in [0.25, 0.3) is 0 Å². The van der Waals surface area contributed by atoms with E-state index in [4.69, 9.17) is 14.2 Å². The molecule has 2 amide bonds. The second kappa shape index (κ2) is 5.27. The summed E-state index contributed by atoms with van der Waals surface area (Å²) < 4.78 is 14.8. The highest BCUT2D eigenvalue weighted by Gasteiger charge is 2.39. The number of amides is 2. The lowest BCUT2D eigenvalue weighted by molar-refractivity contribution is -0.161. The number of imide groups is 1. The molecule has 92 valence electrons. The van der Waals surface area contributed by atoms with Crippen molar-refractivity contribution in [1.82, 2.24) is 4.90 Å². The lowest BCUT2D eigenvalue weighted by Crippen LogP contribution is -2.44. The molecule has 2 atom stereocenters. The zero-order valence-electron chi connectivity index (χ0n) is 9.93. The number of hydrogen-bond acceptors (Lipinski definition) is 5. The maximum Gasteiger partial charge on any atom is 0.416 e. The molecule has 0 radical (unpaired) electrons. The van der Waals surface area contributed by atoms with E-state index in [1.165, 1.54) is 14.2 Å². The van der Waals surface area contributed by atoms with Crippen molar-refractivity contribution < 1.29 is 23.8 Å². The Hall–Kier alpha value is -1.14. The van der Waals surface area contributed by atoms with Gasteiger partial charge in [0, 0.05) is 14.2 Å². The van der Waals surface area contributed by atoms with Crippen LogP contribution in [-0.4, -0.2) is 50.1 Å². The zero-order valence-corrected chi connectivity index (χ0v) is 9.93. The molecule has 1 heterocycles. The van der Waals surface area contributed by atoms with Crippen molar-refractivity contribution in [1.29, 1.82) is 0 Å². The number of rotatable bonds is 4. The van der Waals surface area contributed by atoms with Gasteiger partial charge in [-0.05, 0) is 13.8 Å². The smallest absolute Gasteiger partial charge is 0.416 e. The largest absolute Gasteiger partial charge is 0.447 e. The lowest BCUT2D eigenvalue weighted by Gasteiger charge is -2.24. The standard InChI is InChI=1S/C10H17NO5/c1-6-5-16-10(13)11(6)8(12)7(2)9(14-3)15-4/h6-7,9H,5H2,1-4H3/t6-,7+/m0/s1. The Morgan fingerprint density at radius 3 is 2.44 bits per heavy atom. The van der Waals surface area contributed by atoms with Crippen LogP contribution in [0.2, 0.25) is 0 Å². The second-order valence-corrected chi connectivity index (χ2v) is 3.76. The summed E-state index contributed by atoms with van der Waals surface area (Å²) in [6.07, 6.45) is -1.26. The van der Waals surface area contributed by atoms with Gasteiger partial charge in [0.25, 0.3) is 0 Å². The molecule has 1 rings (SSSR count). The molecule has 1 aliphatic heterocycles. The zero-order chi connectivity index (χ0) is 12.3. The van der Waals surface area contributed by atoms with E-state index in [0.717, 1.165) is 4.90 Å². The summed E-state index contributed by atoms with van der Waals surface area (Å²) in [6, 6.07) is -0.239. The molecule has 0 N–H and O–H groups in total. The number of carbonyl (C=O) groups excluding carboxylic acids is 2. The molecule has 0 unspecified atom stereocenters. The molecule has 0 aromatic rings. The average molecular weight is 231 g/mol. The molecular weight excluding hydrogens is 214 g/mol. The molecule has 0 aliphatic carbocycles. The molecule has 0 aromatic heterocycles. The molecule has 0 saturated carbocycles. The van der Waals surface area contributed by atoms with Crippen LogP contribution in [-0.2, 0) is 19.0 Å². The molecular formula is C10H17NO5. The number of cyclic esters (lactones) is 1. The SMILES string of the molecule is COC(OC)[C@H](C)C(=O)N1C(=O)OC[C@@H]1C. The van der Waals surface area contributed by atoms with Crippen molar-refractivity contribution in [2.24, 2.45) is 5.92 Å². The predicted molar refractivity (Wildman–Crippen MR) is 54.6 cm³/mol. The van der Waals surface area contributed by atoms with Crippen LogP contribution in [0.3, 0.4) is 0 Å². The minimum absolute atomic E-state index is 0.238. The molecule has 6 heteroatoms. The van der Waals surface area contributed by atoms with Gasteiger partial charge in [-0.25, -0.2) is 9.69 Å². The molecule has 1 saturated heterocycles. The van der Waals surface area contributed by atoms with Gasteiger partial charge >= 0.3 is 6.09 Å². The van der Waals surface area contributed by atoms with Gasteiger partial charge in [0.05, 0.1) is 12.0 Å². The van der Waals surface area contributed by atoms with Crippen molar-refractivity contribution in [3.05, 3.63) is 0 Å². The summed E-state index contributed by atoms with van der Waals surface area (Å²) >= 11 is 0. The predicted octanol–water partition coefficient (Wildman–Crippen LogP) is 0.609. The Labute approximate surface area is 94.4 Å². The monoisotopic (exact) mass is 231 g/mol. The number of carbonyl (C=O) groups is 2. The molecule has 0 aromatic carbocycles. The molecule has 1 aliphatic rings. The van der Waals surface area contributed by atoms with E-state index in [1.807, 2.05) is 0 Å². The minimum Gasteiger partial charge on any atom is -0.447 e. The van der Waals surface area contributed by atoms with Crippen molar-refractivity contribution in [3.8, 4) is 0 Å². The van der Waals surface area contributed by atoms with Gasteiger partial charge in [0.2, 0.25) is 5.91 Å². The van der Waals surface area contributed by atoms with Gasteiger partial charge in [0.15, 0.2) is 6.29 Å². The lowest BCUT2D eigenvalue weighted by atomic mass is 10.1. The first-order valence-electron chi connectivity index (χ1n) is 5.08. The van der Waals surface area contributed by atoms with Crippen molar-refractivity contribution in [2.75, 3.05) is 20.8 Å². The number of methoxy groups -OCH3 is 2. The Morgan fingerprint density at radius 1 is 1.50 bits per heavy atom. The van der Waals surface area contributed by atoms with Crippen LogP contribution in [0.15, 0.2) is 0 Å². The number of ether oxygens (including phenoxy) is 3. The van der Waals surface area contributed by atoms with E-state index in [2.05, 4.69) is 0 Å². The molecule has 6 nitrogen and oxygen atoms in total. The van der Waals surface area contributed by atoms with E-state index >= 15 is 0 Å². The molecule has 0 spiro atoms. The molecule has 0 bridgehead atoms. The Kier molecular flexibility index (Phi) is 4.26. The van der Waals surface area contributed by atoms with E-state index in [-0.39, 0.29) is 18.6 Å². The fourth-order valence-corrected chi connectivity index (χ4v) is 1.66. The first kappa shape index (κ1) is 12.9. The molecule has 16 heavy (non-hydrogen) atoms. The maximum atomic E-state index is 12.0. The van der Waals surface area contributed by atoms with Gasteiger partial charge in [-0.2, -0.15) is 0 Å². The third kappa shape index (κ3) is 2.33. The number of hydrogen-bond donors (Lipinski definition) is 0. The van der Waals surface area contributed by atoms with Crippen LogP contribution in [0.1, 0.15) is 13.8 Å². The van der Waals surface area contributed by atoms with E-state index < -0.39 is 18.3 Å². The third-order valence-corrected chi connectivity index (χ3v) is 2.59. The summed E-state index contributed by atoms with van der Waals surface area (Å²) in [4.78, 5) is 24.4. The molecule has 1 fully saturated rings. The van der Waals surface area contributed by atoms with Crippen LogP contribution >= 0.6 is 0 Å². The van der Waals surface area contributed by atoms with Gasteiger partial charge in [-0.1, -0.05) is 0 Å². The first-order chi connectivity index (χ1) is 7.52. The fraction of sp³-hybridized carbons (Fsp3) is 0.800. The minimum atomic E-state index is -0.659. The fourth-order valence-electron chi connectivity index (χ4n) is 1.66. The third-order valence-electron chi connectivity index (χ3n) is 2.59. The van der Waals surface area contributed by atoms with E-state index in [9.17, 15) is 9.59 Å². The van der Waals surface area contributed by atoms with Gasteiger partial charge in [0.1, 0.15) is 6.61 Å². The van der Waals surface area contributed by atoms with Crippen molar-refractivity contribution in [3.63, 3.8) is 0 Å². The normalized spacial score (nSPS) is 22.4. The van der Waals surface area contributed by atoms with Crippen LogP contribution in [0, 0.1) is 5.92 Å². The van der Waals surface area contributed by atoms with Crippen LogP contribution < -0.4 is 0 Å². The van der Waals surface area contributed by atoms with Crippen molar-refractivity contribution >= 4 is 12.0 Å². The number of nitrogens with zero attached hydrogens (tertiary/aromatic N) is 1. The van der Waals surface area contributed by atoms with Gasteiger partial charge in [-0.3, -0.25) is 4.79 Å². The highest BCUT2D eigenvalue weighted by Crippen LogP contribution is 2.18. The Morgan fingerprint density at radius 2 is 2.06 bits per heavy atom. The Bertz CT molecular complexity index is 276. The van der Waals surface area contributed by atoms with Gasteiger partial charge in [-0.15, -0.1) is 0 Å².